The zero-order valence-corrected chi connectivity index (χ0v) is 14.4. The summed E-state index contributed by atoms with van der Waals surface area (Å²) >= 11 is 0. The Labute approximate surface area is 156 Å². The lowest BCUT2D eigenvalue weighted by Gasteiger charge is -2.14. The molecule has 2 aromatic rings. The molecule has 0 saturated heterocycles. The zero-order valence-electron chi connectivity index (χ0n) is 14.4. The fourth-order valence-electron chi connectivity index (χ4n) is 2.33. The molecule has 0 saturated carbocycles. The van der Waals surface area contributed by atoms with E-state index in [1.54, 1.807) is 24.6 Å². The molecule has 2 aromatic carbocycles. The number of rotatable bonds is 6. The van der Waals surface area contributed by atoms with E-state index in [9.17, 15) is 10.4 Å². The molecule has 0 spiro atoms. The van der Waals surface area contributed by atoms with Crippen LogP contribution >= 0.6 is 0 Å². The number of hydrazine groups is 1. The summed E-state index contributed by atoms with van der Waals surface area (Å²) < 4.78 is 0. The molecular formula is C20H18N5O2-. The van der Waals surface area contributed by atoms with Gasteiger partial charge in [-0.1, -0.05) is 42.5 Å². The third-order valence-electron chi connectivity index (χ3n) is 3.65. The maximum absolute atomic E-state index is 11.4. The Morgan fingerprint density at radius 1 is 0.852 bits per heavy atom. The third-order valence-corrected chi connectivity index (χ3v) is 3.65. The van der Waals surface area contributed by atoms with Gasteiger partial charge in [-0.25, -0.2) is 0 Å². The first-order chi connectivity index (χ1) is 13.2. The molecule has 0 unspecified atom stereocenters. The van der Waals surface area contributed by atoms with E-state index >= 15 is 0 Å². The van der Waals surface area contributed by atoms with Crippen LogP contribution in [0, 0.1) is 10.4 Å². The van der Waals surface area contributed by atoms with Crippen molar-refractivity contribution in [1.82, 2.24) is 5.43 Å². The van der Waals surface area contributed by atoms with Gasteiger partial charge in [0.1, 0.15) is 0 Å². The Kier molecular flexibility index (Phi) is 5.88. The Hall–Kier alpha value is -4.00. The summed E-state index contributed by atoms with van der Waals surface area (Å²) in [6.07, 6.45) is 8.00. The molecule has 7 heteroatoms. The minimum Gasteiger partial charge on any atom is -0.612 e. The summed E-state index contributed by atoms with van der Waals surface area (Å²) in [5, 5.41) is 26.9. The monoisotopic (exact) mass is 360 g/mol. The van der Waals surface area contributed by atoms with Crippen LogP contribution in [0.25, 0.3) is 0 Å². The smallest absolute Gasteiger partial charge is 0.232 e. The van der Waals surface area contributed by atoms with Gasteiger partial charge >= 0.3 is 0 Å². The number of benzene rings is 2. The van der Waals surface area contributed by atoms with Crippen molar-refractivity contribution in [1.29, 1.82) is 0 Å². The Morgan fingerprint density at radius 2 is 1.52 bits per heavy atom. The van der Waals surface area contributed by atoms with Gasteiger partial charge in [-0.05, 0) is 30.3 Å². The van der Waals surface area contributed by atoms with Crippen molar-refractivity contribution in [2.24, 2.45) is 5.10 Å². The van der Waals surface area contributed by atoms with E-state index in [2.05, 4.69) is 21.4 Å². The number of anilines is 2. The van der Waals surface area contributed by atoms with Crippen LogP contribution < -0.4 is 16.3 Å². The standard InChI is InChI=1S/C20H18N5O2/c26-25(27)20-13-16(14-21-23-18-7-3-1-4-8-18)11-12-17(20)15-22-24-19-9-5-2-6-10-19/h1-15,22-24H/q-1. The van der Waals surface area contributed by atoms with Crippen molar-refractivity contribution < 1.29 is 4.90 Å². The largest absolute Gasteiger partial charge is 0.612 e. The molecule has 0 atom stereocenters. The molecule has 0 amide bonds. The highest BCUT2D eigenvalue weighted by atomic mass is 16.8. The molecule has 1 aliphatic rings. The number of nitrogens with one attached hydrogen (secondary N) is 3. The Morgan fingerprint density at radius 3 is 2.19 bits per heavy atom. The van der Waals surface area contributed by atoms with Gasteiger partial charge in [0.25, 0.3) is 0 Å². The predicted molar refractivity (Wildman–Crippen MR) is 109 cm³/mol. The topological polar surface area (TPSA) is 97.6 Å². The molecule has 0 fully saturated rings. The first kappa shape index (κ1) is 17.8. The molecule has 27 heavy (non-hydrogen) atoms. The molecular weight excluding hydrogens is 342 g/mol. The van der Waals surface area contributed by atoms with E-state index in [0.29, 0.717) is 11.1 Å². The summed E-state index contributed by atoms with van der Waals surface area (Å²) in [4.78, 5) is -0.419. The van der Waals surface area contributed by atoms with Gasteiger partial charge in [0, 0.05) is 17.8 Å². The first-order valence-corrected chi connectivity index (χ1v) is 8.25. The van der Waals surface area contributed by atoms with Crippen LogP contribution in [0.1, 0.15) is 0 Å². The number of para-hydroxylation sites is 2. The lowest BCUT2D eigenvalue weighted by Crippen LogP contribution is -2.20. The summed E-state index contributed by atoms with van der Waals surface area (Å²) in [5.41, 5.74) is 11.5. The average molecular weight is 360 g/mol. The average Bonchev–Trinajstić information content (AvgIpc) is 2.70. The van der Waals surface area contributed by atoms with Gasteiger partial charge in [0.2, 0.25) is 5.71 Å². The maximum atomic E-state index is 11.4. The van der Waals surface area contributed by atoms with Crippen LogP contribution in [0.3, 0.4) is 0 Å². The summed E-state index contributed by atoms with van der Waals surface area (Å²) in [7, 11) is 0. The Balaban J connectivity index is 1.65. The van der Waals surface area contributed by atoms with Gasteiger partial charge in [0.05, 0.1) is 23.2 Å². The van der Waals surface area contributed by atoms with E-state index < -0.39 is 4.90 Å². The minimum atomic E-state index is -0.419. The second-order valence-corrected chi connectivity index (χ2v) is 5.59. The van der Waals surface area contributed by atoms with E-state index in [4.69, 9.17) is 0 Å². The molecule has 7 nitrogen and oxygen atoms in total. The number of hydrogen-bond donors (Lipinski definition) is 3. The molecule has 3 N–H and O–H groups in total. The van der Waals surface area contributed by atoms with Crippen molar-refractivity contribution in [3.05, 3.63) is 107 Å². The maximum Gasteiger partial charge on any atom is 0.232 e. The van der Waals surface area contributed by atoms with Crippen LogP contribution in [0.15, 0.2) is 101 Å². The van der Waals surface area contributed by atoms with Crippen molar-refractivity contribution in [3.63, 3.8) is 0 Å². The number of allylic oxidation sites excluding steroid dienone is 5. The highest BCUT2D eigenvalue weighted by Gasteiger charge is 2.14. The fourth-order valence-corrected chi connectivity index (χ4v) is 2.33. The molecule has 0 aromatic heterocycles. The molecule has 0 radical (unpaired) electrons. The fraction of sp³-hybridized carbons (Fsp3) is 0. The molecule has 0 bridgehead atoms. The summed E-state index contributed by atoms with van der Waals surface area (Å²) in [6.45, 7) is 0. The zero-order chi connectivity index (χ0) is 18.9. The first-order valence-electron chi connectivity index (χ1n) is 8.25. The number of hydrogen-bond acceptors (Lipinski definition) is 6. The Bertz CT molecular complexity index is 912. The third kappa shape index (κ3) is 5.23. The van der Waals surface area contributed by atoms with Crippen molar-refractivity contribution in [2.45, 2.75) is 0 Å². The van der Waals surface area contributed by atoms with E-state index in [0.717, 1.165) is 11.4 Å². The molecule has 0 aliphatic heterocycles. The van der Waals surface area contributed by atoms with Gasteiger partial charge in [-0.15, -0.1) is 0 Å². The van der Waals surface area contributed by atoms with Crippen LogP contribution in [0.4, 0.5) is 11.4 Å². The van der Waals surface area contributed by atoms with Crippen molar-refractivity contribution in [3.8, 4) is 0 Å². The van der Waals surface area contributed by atoms with Crippen LogP contribution in [-0.4, -0.2) is 16.8 Å². The summed E-state index contributed by atoms with van der Waals surface area (Å²) in [5.74, 6) is 0. The molecule has 3 rings (SSSR count). The van der Waals surface area contributed by atoms with Crippen molar-refractivity contribution in [2.75, 3.05) is 10.9 Å². The lowest BCUT2D eigenvalue weighted by atomic mass is 10.0. The predicted octanol–water partition coefficient (Wildman–Crippen LogP) is 3.53. The molecule has 1 aliphatic carbocycles. The quantitative estimate of drug-likeness (QED) is 0.416. The van der Waals surface area contributed by atoms with Crippen LogP contribution in [0.5, 0.6) is 0 Å². The molecule has 136 valence electrons. The normalized spacial score (nSPS) is 14.9. The number of hydrazone groups is 1. The minimum absolute atomic E-state index is 0.0129. The van der Waals surface area contributed by atoms with Gasteiger partial charge in [-0.2, -0.15) is 10.0 Å². The number of nitrogens with zero attached hydrogens (tertiary/aromatic N) is 2. The van der Waals surface area contributed by atoms with E-state index in [1.807, 2.05) is 60.7 Å². The van der Waals surface area contributed by atoms with Gasteiger partial charge in [0.15, 0.2) is 0 Å². The second kappa shape index (κ2) is 8.91. The van der Waals surface area contributed by atoms with E-state index in [-0.39, 0.29) is 5.71 Å². The van der Waals surface area contributed by atoms with Crippen LogP contribution in [0.2, 0.25) is 0 Å². The molecule has 0 heterocycles. The lowest BCUT2D eigenvalue weighted by molar-refractivity contribution is -0.377. The SMILES string of the molecule is [O-][N+]([O-])=C1C=C(C=NNc2ccccc2)C=CC1=CNNc1ccccc1. The summed E-state index contributed by atoms with van der Waals surface area (Å²) in [6, 6.07) is 18.9. The second-order valence-electron chi connectivity index (χ2n) is 5.59. The van der Waals surface area contributed by atoms with Crippen LogP contribution in [-0.2, 0) is 0 Å². The van der Waals surface area contributed by atoms with Gasteiger partial charge in [-0.3, -0.25) is 5.43 Å². The van der Waals surface area contributed by atoms with Crippen molar-refractivity contribution >= 4 is 23.3 Å². The van der Waals surface area contributed by atoms with E-state index in [1.165, 1.54) is 6.08 Å². The highest BCUT2D eigenvalue weighted by Crippen LogP contribution is 2.13. The highest BCUT2D eigenvalue weighted by molar-refractivity contribution is 6.12. The van der Waals surface area contributed by atoms with Gasteiger partial charge < -0.3 is 21.3 Å².